The van der Waals surface area contributed by atoms with Crippen LogP contribution in [0, 0.1) is 0 Å². The summed E-state index contributed by atoms with van der Waals surface area (Å²) in [7, 11) is -2.43. The summed E-state index contributed by atoms with van der Waals surface area (Å²) in [4.78, 5) is 29.0. The van der Waals surface area contributed by atoms with Crippen LogP contribution in [0.4, 0.5) is 5.69 Å². The van der Waals surface area contributed by atoms with Crippen molar-refractivity contribution in [1.29, 1.82) is 0 Å². The zero-order chi connectivity index (χ0) is 29.3. The fourth-order valence-corrected chi connectivity index (χ4v) is 5.45. The first kappa shape index (κ1) is 31.3. The van der Waals surface area contributed by atoms with Gasteiger partial charge in [-0.25, -0.2) is 8.42 Å². The minimum absolute atomic E-state index is 0.0357. The summed E-state index contributed by atoms with van der Waals surface area (Å²) in [5, 5.41) is 3.27. The van der Waals surface area contributed by atoms with Crippen LogP contribution >= 0.6 is 23.2 Å². The normalized spacial score (nSPS) is 11.9. The largest absolute Gasteiger partial charge is 0.497 e. The Morgan fingerprint density at radius 3 is 2.33 bits per heavy atom. The standard InChI is InChI=1S/C29H33Cl2N3O5S/c1-4-15-32-29(36)27(17-21-9-6-5-7-10-21)33(19-22-11-8-12-24(16-22)39-2)28(35)20-34(40(3,37)38)26-18-23(30)13-14-25(26)31/h5-14,16,18,27H,4,15,17,19-20H2,1-3H3,(H,32,36)/t27-/m0/s1. The van der Waals surface area contributed by atoms with Gasteiger partial charge in [-0.2, -0.15) is 0 Å². The zero-order valence-corrected chi connectivity index (χ0v) is 25.0. The SMILES string of the molecule is CCCNC(=O)[C@H](Cc1ccccc1)N(Cc1cccc(OC)c1)C(=O)CN(c1cc(Cl)ccc1Cl)S(C)(=O)=O. The van der Waals surface area contributed by atoms with Gasteiger partial charge in [-0.1, -0.05) is 72.6 Å². The zero-order valence-electron chi connectivity index (χ0n) is 22.6. The molecular formula is C29H33Cl2N3O5S. The third-order valence-electron chi connectivity index (χ3n) is 6.16. The molecule has 0 unspecified atom stereocenters. The molecule has 8 nitrogen and oxygen atoms in total. The Morgan fingerprint density at radius 1 is 0.975 bits per heavy atom. The van der Waals surface area contributed by atoms with E-state index in [-0.39, 0.29) is 34.6 Å². The molecule has 3 rings (SSSR count). The van der Waals surface area contributed by atoms with E-state index in [0.717, 1.165) is 16.1 Å². The predicted octanol–water partition coefficient (Wildman–Crippen LogP) is 4.93. The molecule has 0 saturated heterocycles. The second-order valence-electron chi connectivity index (χ2n) is 9.24. The fraction of sp³-hybridized carbons (Fsp3) is 0.310. The molecule has 0 aliphatic carbocycles. The van der Waals surface area contributed by atoms with E-state index in [1.807, 2.05) is 43.3 Å². The van der Waals surface area contributed by atoms with Gasteiger partial charge in [-0.15, -0.1) is 0 Å². The van der Waals surface area contributed by atoms with Gasteiger partial charge in [0.1, 0.15) is 18.3 Å². The third kappa shape index (κ3) is 8.61. The van der Waals surface area contributed by atoms with Crippen molar-refractivity contribution in [1.82, 2.24) is 10.2 Å². The number of ether oxygens (including phenoxy) is 1. The van der Waals surface area contributed by atoms with Crippen molar-refractivity contribution >= 4 is 50.7 Å². The lowest BCUT2D eigenvalue weighted by atomic mass is 10.0. The highest BCUT2D eigenvalue weighted by molar-refractivity contribution is 7.92. The predicted molar refractivity (Wildman–Crippen MR) is 159 cm³/mol. The molecular weight excluding hydrogens is 573 g/mol. The smallest absolute Gasteiger partial charge is 0.244 e. The molecule has 2 amide bonds. The van der Waals surface area contributed by atoms with Crippen molar-refractivity contribution in [3.05, 3.63) is 94.0 Å². The number of halogens is 2. The molecule has 11 heteroatoms. The molecule has 0 radical (unpaired) electrons. The molecule has 0 fully saturated rings. The van der Waals surface area contributed by atoms with Gasteiger partial charge in [0.2, 0.25) is 21.8 Å². The molecule has 214 valence electrons. The summed E-state index contributed by atoms with van der Waals surface area (Å²) in [6.07, 6.45) is 1.92. The Balaban J connectivity index is 2.08. The summed E-state index contributed by atoms with van der Waals surface area (Å²) >= 11 is 12.5. The second kappa shape index (κ2) is 14.4. The number of carbonyl (C=O) groups is 2. The van der Waals surface area contributed by atoms with Crippen molar-refractivity contribution in [2.75, 3.05) is 30.8 Å². The van der Waals surface area contributed by atoms with E-state index >= 15 is 0 Å². The van der Waals surface area contributed by atoms with E-state index < -0.39 is 28.5 Å². The molecule has 1 N–H and O–H groups in total. The highest BCUT2D eigenvalue weighted by Gasteiger charge is 2.33. The number of nitrogens with one attached hydrogen (secondary N) is 1. The fourth-order valence-electron chi connectivity index (χ4n) is 4.16. The topological polar surface area (TPSA) is 96.0 Å². The monoisotopic (exact) mass is 605 g/mol. The molecule has 3 aromatic rings. The van der Waals surface area contributed by atoms with Crippen molar-refractivity contribution in [2.24, 2.45) is 0 Å². The van der Waals surface area contributed by atoms with Crippen molar-refractivity contribution in [2.45, 2.75) is 32.4 Å². The quantitative estimate of drug-likeness (QED) is 0.298. The van der Waals surface area contributed by atoms with Crippen molar-refractivity contribution in [3.8, 4) is 5.75 Å². The average molecular weight is 607 g/mol. The average Bonchev–Trinajstić information content (AvgIpc) is 2.93. The summed E-state index contributed by atoms with van der Waals surface area (Å²) in [5.74, 6) is -0.339. The van der Waals surface area contributed by atoms with Gasteiger partial charge in [0.25, 0.3) is 0 Å². The van der Waals surface area contributed by atoms with E-state index in [1.54, 1.807) is 18.2 Å². The lowest BCUT2D eigenvalue weighted by Gasteiger charge is -2.33. The Morgan fingerprint density at radius 2 is 1.68 bits per heavy atom. The van der Waals surface area contributed by atoms with Crippen LogP contribution in [-0.4, -0.2) is 57.6 Å². The number of sulfonamides is 1. The maximum Gasteiger partial charge on any atom is 0.244 e. The molecule has 0 saturated carbocycles. The van der Waals surface area contributed by atoms with Gasteiger partial charge < -0.3 is 15.0 Å². The van der Waals surface area contributed by atoms with Crippen LogP contribution < -0.4 is 14.4 Å². The van der Waals surface area contributed by atoms with E-state index in [9.17, 15) is 18.0 Å². The lowest BCUT2D eigenvalue weighted by Crippen LogP contribution is -2.53. The molecule has 0 heterocycles. The van der Waals surface area contributed by atoms with Gasteiger partial charge in [0.15, 0.2) is 0 Å². The van der Waals surface area contributed by atoms with Crippen molar-refractivity contribution in [3.63, 3.8) is 0 Å². The highest BCUT2D eigenvalue weighted by atomic mass is 35.5. The number of benzene rings is 3. The van der Waals surface area contributed by atoms with Crippen LogP contribution in [0.1, 0.15) is 24.5 Å². The Hall–Kier alpha value is -3.27. The Kier molecular flexibility index (Phi) is 11.2. The molecule has 0 spiro atoms. The number of rotatable bonds is 13. The third-order valence-corrected chi connectivity index (χ3v) is 7.84. The van der Waals surface area contributed by atoms with Crippen LogP contribution in [0.25, 0.3) is 0 Å². The maximum absolute atomic E-state index is 14.1. The lowest BCUT2D eigenvalue weighted by molar-refractivity contribution is -0.140. The number of hydrogen-bond acceptors (Lipinski definition) is 5. The van der Waals surface area contributed by atoms with E-state index in [4.69, 9.17) is 27.9 Å². The molecule has 0 aliphatic heterocycles. The first-order valence-electron chi connectivity index (χ1n) is 12.7. The maximum atomic E-state index is 14.1. The second-order valence-corrected chi connectivity index (χ2v) is 12.0. The van der Waals surface area contributed by atoms with Crippen LogP contribution in [-0.2, 0) is 32.6 Å². The summed E-state index contributed by atoms with van der Waals surface area (Å²) in [6, 6.07) is 19.9. The van der Waals surface area contributed by atoms with Gasteiger partial charge in [-0.05, 0) is 47.9 Å². The van der Waals surface area contributed by atoms with Crippen molar-refractivity contribution < 1.29 is 22.7 Å². The molecule has 1 atom stereocenters. The van der Waals surface area contributed by atoms with Gasteiger partial charge in [-0.3, -0.25) is 13.9 Å². The summed E-state index contributed by atoms with van der Waals surface area (Å²) < 4.78 is 32.0. The van der Waals surface area contributed by atoms with E-state index in [1.165, 1.54) is 30.2 Å². The molecule has 0 aromatic heterocycles. The number of nitrogens with zero attached hydrogens (tertiary/aromatic N) is 2. The Bertz CT molecular complexity index is 1420. The van der Waals surface area contributed by atoms with Crippen LogP contribution in [0.2, 0.25) is 10.0 Å². The minimum Gasteiger partial charge on any atom is -0.497 e. The number of amides is 2. The molecule has 3 aromatic carbocycles. The van der Waals surface area contributed by atoms with Gasteiger partial charge >= 0.3 is 0 Å². The summed E-state index contributed by atoms with van der Waals surface area (Å²) in [6.45, 7) is 1.81. The van der Waals surface area contributed by atoms with E-state index in [2.05, 4.69) is 5.32 Å². The first-order chi connectivity index (χ1) is 19.0. The summed E-state index contributed by atoms with van der Waals surface area (Å²) in [5.41, 5.74) is 1.63. The van der Waals surface area contributed by atoms with Gasteiger partial charge in [0.05, 0.1) is 24.1 Å². The van der Waals surface area contributed by atoms with Crippen LogP contribution in [0.15, 0.2) is 72.8 Å². The van der Waals surface area contributed by atoms with E-state index in [0.29, 0.717) is 24.3 Å². The molecule has 0 bridgehead atoms. The van der Waals surface area contributed by atoms with Gasteiger partial charge in [0, 0.05) is 24.5 Å². The number of methoxy groups -OCH3 is 1. The Labute approximate surface area is 245 Å². The first-order valence-corrected chi connectivity index (χ1v) is 15.3. The molecule has 40 heavy (non-hydrogen) atoms. The number of hydrogen-bond donors (Lipinski definition) is 1. The van der Waals surface area contributed by atoms with Crippen LogP contribution in [0.5, 0.6) is 5.75 Å². The minimum atomic E-state index is -3.97. The van der Waals surface area contributed by atoms with Crippen LogP contribution in [0.3, 0.4) is 0 Å². The highest BCUT2D eigenvalue weighted by Crippen LogP contribution is 2.31. The molecule has 0 aliphatic rings. The number of anilines is 1. The number of carbonyl (C=O) groups excluding carboxylic acids is 2.